The lowest BCUT2D eigenvalue weighted by Crippen LogP contribution is -2.50. The molecule has 3 rings (SSSR count). The number of carbonyl (C=O) groups is 3. The molecular formula is C17H19ClN2O4. The lowest BCUT2D eigenvalue weighted by molar-refractivity contribution is -0.157. The Morgan fingerprint density at radius 1 is 1.21 bits per heavy atom. The number of hydrogen-bond acceptors (Lipinski definition) is 3. The number of likely N-dealkylation sites (N-methyl/N-ethyl adjacent to an activating group) is 1. The zero-order valence-corrected chi connectivity index (χ0v) is 14.1. The average Bonchev–Trinajstić information content (AvgIpc) is 2.86. The normalized spacial score (nSPS) is 26.2. The van der Waals surface area contributed by atoms with Crippen LogP contribution >= 0.6 is 11.6 Å². The van der Waals surface area contributed by atoms with Crippen molar-refractivity contribution in [3.63, 3.8) is 0 Å². The minimum Gasteiger partial charge on any atom is -0.481 e. The predicted octanol–water partition coefficient (Wildman–Crippen LogP) is 2.01. The number of benzene rings is 1. The third kappa shape index (κ3) is 2.75. The summed E-state index contributed by atoms with van der Waals surface area (Å²) >= 11 is 6.16. The minimum atomic E-state index is -0.941. The van der Waals surface area contributed by atoms with Gasteiger partial charge in [-0.05, 0) is 31.4 Å². The van der Waals surface area contributed by atoms with Crippen molar-refractivity contribution in [2.24, 2.45) is 11.8 Å². The first kappa shape index (κ1) is 16.8. The van der Waals surface area contributed by atoms with Gasteiger partial charge in [-0.3, -0.25) is 14.4 Å². The van der Waals surface area contributed by atoms with E-state index in [0.29, 0.717) is 36.5 Å². The molecule has 2 fully saturated rings. The smallest absolute Gasteiger partial charge is 0.307 e. The number of carbonyl (C=O) groups excluding carboxylic acids is 2. The minimum absolute atomic E-state index is 0.176. The van der Waals surface area contributed by atoms with Gasteiger partial charge in [-0.2, -0.15) is 0 Å². The third-order valence-corrected chi connectivity index (χ3v) is 5.36. The van der Waals surface area contributed by atoms with E-state index in [1.165, 1.54) is 4.90 Å². The average molecular weight is 351 g/mol. The molecule has 24 heavy (non-hydrogen) atoms. The molecule has 3 unspecified atom stereocenters. The number of hydrogen-bond donors (Lipinski definition) is 1. The van der Waals surface area contributed by atoms with Crippen LogP contribution in [-0.4, -0.2) is 47.4 Å². The summed E-state index contributed by atoms with van der Waals surface area (Å²) in [5.74, 6) is -2.52. The van der Waals surface area contributed by atoms with Gasteiger partial charge in [-0.25, -0.2) is 0 Å². The molecule has 1 aliphatic heterocycles. The topological polar surface area (TPSA) is 77.9 Å². The summed E-state index contributed by atoms with van der Waals surface area (Å²) in [5.41, 5.74) is 0.638. The van der Waals surface area contributed by atoms with Crippen LogP contribution in [0.1, 0.15) is 19.3 Å². The molecule has 0 bridgehead atoms. The van der Waals surface area contributed by atoms with Crippen molar-refractivity contribution < 1.29 is 19.5 Å². The molecule has 1 aliphatic carbocycles. The van der Waals surface area contributed by atoms with Crippen LogP contribution < -0.4 is 4.90 Å². The van der Waals surface area contributed by atoms with E-state index < -0.39 is 23.8 Å². The fourth-order valence-electron chi connectivity index (χ4n) is 3.44. The number of carboxylic acid groups (broad SMARTS) is 1. The first-order valence-corrected chi connectivity index (χ1v) is 8.35. The SMILES string of the molecule is CN(C(=O)C1CCC1C(=O)O)C1CCN(c2ccccc2Cl)C1=O. The molecule has 0 aromatic heterocycles. The molecule has 2 amide bonds. The number of aliphatic carboxylic acids is 1. The third-order valence-electron chi connectivity index (χ3n) is 5.04. The van der Waals surface area contributed by atoms with E-state index in [1.54, 1.807) is 30.1 Å². The highest BCUT2D eigenvalue weighted by molar-refractivity contribution is 6.34. The highest BCUT2D eigenvalue weighted by Crippen LogP contribution is 2.37. The summed E-state index contributed by atoms with van der Waals surface area (Å²) in [5, 5.41) is 9.60. The molecule has 6 nitrogen and oxygen atoms in total. The summed E-state index contributed by atoms with van der Waals surface area (Å²) in [7, 11) is 1.58. The maximum Gasteiger partial charge on any atom is 0.307 e. The lowest BCUT2D eigenvalue weighted by Gasteiger charge is -2.36. The molecule has 0 radical (unpaired) electrons. The molecule has 1 heterocycles. The van der Waals surface area contributed by atoms with E-state index in [-0.39, 0.29) is 11.8 Å². The Morgan fingerprint density at radius 2 is 1.88 bits per heavy atom. The van der Waals surface area contributed by atoms with Gasteiger partial charge in [0.05, 0.1) is 22.5 Å². The largest absolute Gasteiger partial charge is 0.481 e. The maximum absolute atomic E-state index is 12.7. The molecule has 2 aliphatic rings. The second-order valence-corrected chi connectivity index (χ2v) is 6.73. The monoisotopic (exact) mass is 350 g/mol. The van der Waals surface area contributed by atoms with Crippen LogP contribution in [0.5, 0.6) is 0 Å². The fourth-order valence-corrected chi connectivity index (χ4v) is 3.68. The number of anilines is 1. The van der Waals surface area contributed by atoms with E-state index in [4.69, 9.17) is 16.7 Å². The van der Waals surface area contributed by atoms with E-state index in [9.17, 15) is 14.4 Å². The van der Waals surface area contributed by atoms with Crippen molar-refractivity contribution in [3.05, 3.63) is 29.3 Å². The van der Waals surface area contributed by atoms with Crippen molar-refractivity contribution in [3.8, 4) is 0 Å². The van der Waals surface area contributed by atoms with Gasteiger partial charge in [-0.15, -0.1) is 0 Å². The first-order chi connectivity index (χ1) is 11.4. The van der Waals surface area contributed by atoms with E-state index in [1.807, 2.05) is 6.07 Å². The molecular weight excluding hydrogens is 332 g/mol. The molecule has 128 valence electrons. The van der Waals surface area contributed by atoms with Crippen molar-refractivity contribution in [1.82, 2.24) is 4.90 Å². The van der Waals surface area contributed by atoms with Crippen LogP contribution in [0.25, 0.3) is 0 Å². The van der Waals surface area contributed by atoms with Crippen molar-refractivity contribution in [1.29, 1.82) is 0 Å². The van der Waals surface area contributed by atoms with Crippen LogP contribution in [0.4, 0.5) is 5.69 Å². The Morgan fingerprint density at radius 3 is 2.46 bits per heavy atom. The number of amides is 2. The second kappa shape index (κ2) is 6.43. The van der Waals surface area contributed by atoms with Crippen molar-refractivity contribution in [2.45, 2.75) is 25.3 Å². The van der Waals surface area contributed by atoms with Gasteiger partial charge in [0, 0.05) is 13.6 Å². The van der Waals surface area contributed by atoms with Crippen molar-refractivity contribution >= 4 is 35.1 Å². The van der Waals surface area contributed by atoms with Crippen molar-refractivity contribution in [2.75, 3.05) is 18.5 Å². The highest BCUT2D eigenvalue weighted by atomic mass is 35.5. The quantitative estimate of drug-likeness (QED) is 0.901. The van der Waals surface area contributed by atoms with E-state index in [2.05, 4.69) is 0 Å². The van der Waals surface area contributed by atoms with Crippen LogP contribution in [0.2, 0.25) is 5.02 Å². The zero-order chi connectivity index (χ0) is 17.4. The summed E-state index contributed by atoms with van der Waals surface area (Å²) in [4.78, 5) is 39.4. The maximum atomic E-state index is 12.7. The molecule has 0 spiro atoms. The zero-order valence-electron chi connectivity index (χ0n) is 13.3. The molecule has 1 aromatic rings. The Labute approximate surface area is 145 Å². The Bertz CT molecular complexity index is 693. The number of para-hydroxylation sites is 1. The summed E-state index contributed by atoms with van der Waals surface area (Å²) < 4.78 is 0. The van der Waals surface area contributed by atoms with Gasteiger partial charge in [0.2, 0.25) is 11.8 Å². The Hall–Kier alpha value is -2.08. The van der Waals surface area contributed by atoms with Gasteiger partial charge < -0.3 is 14.9 Å². The molecule has 7 heteroatoms. The van der Waals surface area contributed by atoms with Gasteiger partial charge in [0.1, 0.15) is 6.04 Å². The highest BCUT2D eigenvalue weighted by Gasteiger charge is 2.46. The number of halogens is 1. The second-order valence-electron chi connectivity index (χ2n) is 6.32. The molecule has 1 aromatic carbocycles. The fraction of sp³-hybridized carbons (Fsp3) is 0.471. The summed E-state index contributed by atoms with van der Waals surface area (Å²) in [6.07, 6.45) is 1.59. The Kier molecular flexibility index (Phi) is 4.49. The molecule has 3 atom stereocenters. The number of rotatable bonds is 4. The summed E-state index contributed by atoms with van der Waals surface area (Å²) in [6.45, 7) is 0.484. The standard InChI is InChI=1S/C17H19ClN2O4/c1-19(15(21)10-6-7-11(10)17(23)24)14-8-9-20(16(14)22)13-5-3-2-4-12(13)18/h2-5,10-11,14H,6-9H2,1H3,(H,23,24). The van der Waals surface area contributed by atoms with E-state index >= 15 is 0 Å². The molecule has 1 saturated carbocycles. The van der Waals surface area contributed by atoms with Crippen LogP contribution in [0, 0.1) is 11.8 Å². The van der Waals surface area contributed by atoms with Crippen LogP contribution in [0.3, 0.4) is 0 Å². The van der Waals surface area contributed by atoms with Gasteiger partial charge in [-0.1, -0.05) is 23.7 Å². The first-order valence-electron chi connectivity index (χ1n) is 7.97. The summed E-state index contributed by atoms with van der Waals surface area (Å²) in [6, 6.07) is 6.53. The number of nitrogens with zero attached hydrogens (tertiary/aromatic N) is 2. The lowest BCUT2D eigenvalue weighted by atomic mass is 9.73. The van der Waals surface area contributed by atoms with E-state index in [0.717, 1.165) is 0 Å². The predicted molar refractivity (Wildman–Crippen MR) is 88.8 cm³/mol. The number of carboxylic acids is 1. The van der Waals surface area contributed by atoms with Gasteiger partial charge in [0.15, 0.2) is 0 Å². The van der Waals surface area contributed by atoms with Crippen LogP contribution in [-0.2, 0) is 14.4 Å². The Balaban J connectivity index is 1.72. The van der Waals surface area contributed by atoms with Crippen LogP contribution in [0.15, 0.2) is 24.3 Å². The molecule has 1 N–H and O–H groups in total. The molecule has 1 saturated heterocycles. The van der Waals surface area contributed by atoms with Gasteiger partial charge >= 0.3 is 5.97 Å². The van der Waals surface area contributed by atoms with Gasteiger partial charge in [0.25, 0.3) is 0 Å².